The third-order valence-electron chi connectivity index (χ3n) is 4.49. The number of methoxy groups -OCH3 is 1. The van der Waals surface area contributed by atoms with Gasteiger partial charge >= 0.3 is 0 Å². The maximum atomic E-state index is 13.3. The van der Waals surface area contributed by atoms with Crippen LogP contribution in [0.1, 0.15) is 6.92 Å². The summed E-state index contributed by atoms with van der Waals surface area (Å²) in [5.41, 5.74) is 6.03. The van der Waals surface area contributed by atoms with E-state index in [1.807, 2.05) is 0 Å². The molecular weight excluding hydrogens is 423 g/mol. The Balaban J connectivity index is 1.78. The molecule has 4 N–H and O–H groups in total. The van der Waals surface area contributed by atoms with Gasteiger partial charge in [0.25, 0.3) is 10.0 Å². The van der Waals surface area contributed by atoms with Crippen molar-refractivity contribution in [3.63, 3.8) is 0 Å². The summed E-state index contributed by atoms with van der Waals surface area (Å²) in [5, 5.41) is 1.20. The Labute approximate surface area is 172 Å². The second-order valence-corrected chi connectivity index (χ2v) is 8.73. The number of rotatable bonds is 6. The summed E-state index contributed by atoms with van der Waals surface area (Å²) in [6, 6.07) is 9.57. The molecule has 0 bridgehead atoms. The molecule has 1 aliphatic rings. The minimum atomic E-state index is -3.98. The maximum Gasteiger partial charge on any atom is 0.250 e. The van der Waals surface area contributed by atoms with Gasteiger partial charge in [-0.05, 0) is 49.4 Å². The largest absolute Gasteiger partial charge is 0.497 e. The average Bonchev–Trinajstić information content (AvgIpc) is 3.08. The Hall–Kier alpha value is -2.40. The number of halogens is 2. The number of anilines is 2. The zero-order valence-corrected chi connectivity index (χ0v) is 17.1. The molecule has 3 unspecified atom stereocenters. The number of hydrogen-bond acceptors (Lipinski definition) is 6. The number of benzene rings is 2. The lowest BCUT2D eigenvalue weighted by Gasteiger charge is -2.21. The third-order valence-corrected chi connectivity index (χ3v) is 6.38. The summed E-state index contributed by atoms with van der Waals surface area (Å²) in [6.45, 7) is 1.68. The molecule has 0 aliphatic carbocycles. The predicted molar refractivity (Wildman–Crippen MR) is 109 cm³/mol. The Morgan fingerprint density at radius 1 is 1.14 bits per heavy atom. The smallest absolute Gasteiger partial charge is 0.250 e. The fraction of sp³-hybridized carbons (Fsp3) is 0.278. The molecule has 2 aromatic carbocycles. The normalized spacial score (nSPS) is 21.6. The molecule has 0 spiro atoms. The Bertz CT molecular complexity index is 1000. The van der Waals surface area contributed by atoms with Crippen LogP contribution in [0.4, 0.5) is 15.8 Å². The first-order valence-corrected chi connectivity index (χ1v) is 10.6. The molecule has 1 saturated heterocycles. The van der Waals surface area contributed by atoms with Crippen LogP contribution in [-0.4, -0.2) is 32.9 Å². The summed E-state index contributed by atoms with van der Waals surface area (Å²) in [4.78, 5) is 12.8. The first-order valence-electron chi connectivity index (χ1n) is 8.64. The van der Waals surface area contributed by atoms with E-state index in [4.69, 9.17) is 16.3 Å². The summed E-state index contributed by atoms with van der Waals surface area (Å²) >= 11 is 5.73. The molecule has 29 heavy (non-hydrogen) atoms. The van der Waals surface area contributed by atoms with Crippen LogP contribution in [0.2, 0.25) is 5.02 Å². The van der Waals surface area contributed by atoms with Crippen LogP contribution >= 0.6 is 11.6 Å². The zero-order chi connectivity index (χ0) is 21.2. The molecule has 11 heteroatoms. The summed E-state index contributed by atoms with van der Waals surface area (Å²) in [5.74, 6) is -1.55. The third kappa shape index (κ3) is 4.78. The van der Waals surface area contributed by atoms with Gasteiger partial charge in [-0.25, -0.2) is 18.2 Å². The number of nitrogens with one attached hydrogen (secondary N) is 4. The highest BCUT2D eigenvalue weighted by Gasteiger charge is 2.46. The second kappa shape index (κ2) is 8.54. The highest BCUT2D eigenvalue weighted by atomic mass is 35.5. The van der Waals surface area contributed by atoms with Gasteiger partial charge < -0.3 is 10.1 Å². The molecule has 2 aromatic rings. The van der Waals surface area contributed by atoms with Gasteiger partial charge in [0.1, 0.15) is 11.6 Å². The lowest BCUT2D eigenvalue weighted by Crippen LogP contribution is -2.45. The van der Waals surface area contributed by atoms with Gasteiger partial charge in [-0.2, -0.15) is 0 Å². The van der Waals surface area contributed by atoms with E-state index in [1.165, 1.54) is 19.2 Å². The van der Waals surface area contributed by atoms with Crippen LogP contribution < -0.4 is 25.6 Å². The van der Waals surface area contributed by atoms with Crippen molar-refractivity contribution in [3.05, 3.63) is 53.3 Å². The number of carbonyl (C=O) groups excluding carboxylic acids is 1. The Morgan fingerprint density at radius 2 is 1.79 bits per heavy atom. The minimum Gasteiger partial charge on any atom is -0.497 e. The van der Waals surface area contributed by atoms with Crippen molar-refractivity contribution in [2.45, 2.75) is 18.3 Å². The van der Waals surface area contributed by atoms with Crippen LogP contribution in [0.3, 0.4) is 0 Å². The van der Waals surface area contributed by atoms with Gasteiger partial charge in [-0.3, -0.25) is 14.9 Å². The highest BCUT2D eigenvalue weighted by molar-refractivity contribution is 7.93. The van der Waals surface area contributed by atoms with Gasteiger partial charge in [0.05, 0.1) is 18.1 Å². The fourth-order valence-corrected chi connectivity index (χ4v) is 4.72. The van der Waals surface area contributed by atoms with E-state index in [9.17, 15) is 17.6 Å². The van der Waals surface area contributed by atoms with Gasteiger partial charge in [-0.15, -0.1) is 0 Å². The van der Waals surface area contributed by atoms with E-state index < -0.39 is 39.1 Å². The summed E-state index contributed by atoms with van der Waals surface area (Å²) in [7, 11) is -2.47. The number of sulfonamides is 1. The van der Waals surface area contributed by atoms with Gasteiger partial charge in [0.15, 0.2) is 5.37 Å². The number of amides is 1. The SMILES string of the molecule is COc1ccc(NS(=O)(=O)C2NNC(C)C2C(=O)Nc2ccc(F)c(Cl)c2)cc1. The monoisotopic (exact) mass is 442 g/mol. The lowest BCUT2D eigenvalue weighted by atomic mass is 10.0. The van der Waals surface area contributed by atoms with Crippen LogP contribution in [0.15, 0.2) is 42.5 Å². The summed E-state index contributed by atoms with van der Waals surface area (Å²) < 4.78 is 46.6. The van der Waals surface area contributed by atoms with Crippen molar-refractivity contribution in [1.82, 2.24) is 10.9 Å². The number of hydrazine groups is 1. The predicted octanol–water partition coefficient (Wildman–Crippen LogP) is 2.31. The van der Waals surface area contributed by atoms with E-state index in [0.717, 1.165) is 6.07 Å². The van der Waals surface area contributed by atoms with Gasteiger partial charge in [-0.1, -0.05) is 11.6 Å². The van der Waals surface area contributed by atoms with Crippen LogP contribution in [0.5, 0.6) is 5.75 Å². The van der Waals surface area contributed by atoms with Crippen molar-refractivity contribution in [1.29, 1.82) is 0 Å². The molecule has 3 atom stereocenters. The molecule has 1 fully saturated rings. The average molecular weight is 443 g/mol. The number of hydrogen-bond donors (Lipinski definition) is 4. The van der Waals surface area contributed by atoms with Crippen LogP contribution in [0, 0.1) is 11.7 Å². The van der Waals surface area contributed by atoms with Crippen molar-refractivity contribution in [3.8, 4) is 5.75 Å². The molecule has 0 saturated carbocycles. The highest BCUT2D eigenvalue weighted by Crippen LogP contribution is 2.26. The summed E-state index contributed by atoms with van der Waals surface area (Å²) in [6.07, 6.45) is 0. The number of ether oxygens (including phenoxy) is 1. The van der Waals surface area contributed by atoms with Crippen LogP contribution in [0.25, 0.3) is 0 Å². The van der Waals surface area contributed by atoms with Crippen molar-refractivity contribution >= 4 is 38.9 Å². The van der Waals surface area contributed by atoms with Gasteiger partial charge in [0.2, 0.25) is 5.91 Å². The molecule has 1 aliphatic heterocycles. The van der Waals surface area contributed by atoms with Gasteiger partial charge in [0, 0.05) is 17.4 Å². The maximum absolute atomic E-state index is 13.3. The second-order valence-electron chi connectivity index (χ2n) is 6.52. The zero-order valence-electron chi connectivity index (χ0n) is 15.6. The molecule has 1 amide bonds. The lowest BCUT2D eigenvalue weighted by molar-refractivity contribution is -0.119. The van der Waals surface area contributed by atoms with Crippen LogP contribution in [-0.2, 0) is 14.8 Å². The number of carbonyl (C=O) groups is 1. The van der Waals surface area contributed by atoms with E-state index in [0.29, 0.717) is 11.4 Å². The fourth-order valence-electron chi connectivity index (χ4n) is 2.98. The van der Waals surface area contributed by atoms with E-state index in [1.54, 1.807) is 31.2 Å². The quantitative estimate of drug-likeness (QED) is 0.546. The molecule has 0 radical (unpaired) electrons. The van der Waals surface area contributed by atoms with E-state index in [-0.39, 0.29) is 10.7 Å². The first-order chi connectivity index (χ1) is 13.7. The van der Waals surface area contributed by atoms with E-state index >= 15 is 0 Å². The van der Waals surface area contributed by atoms with Crippen molar-refractivity contribution in [2.24, 2.45) is 5.92 Å². The topological polar surface area (TPSA) is 109 Å². The van der Waals surface area contributed by atoms with Crippen molar-refractivity contribution < 1.29 is 22.3 Å². The molecular formula is C18H20ClFN4O4S. The Morgan fingerprint density at radius 3 is 2.41 bits per heavy atom. The van der Waals surface area contributed by atoms with Crippen molar-refractivity contribution in [2.75, 3.05) is 17.1 Å². The first kappa shape index (κ1) is 21.3. The Kier molecular flexibility index (Phi) is 6.27. The molecule has 1 heterocycles. The molecule has 0 aromatic heterocycles. The standard InChI is InChI=1S/C18H20ClFN4O4S/c1-10-16(17(25)21-12-5-8-15(20)14(19)9-12)18(23-22-10)29(26,27)24-11-3-6-13(28-2)7-4-11/h3-10,16,18,22-24H,1-2H3,(H,21,25). The van der Waals surface area contributed by atoms with E-state index in [2.05, 4.69) is 20.9 Å². The molecule has 156 valence electrons. The molecule has 8 nitrogen and oxygen atoms in total. The minimum absolute atomic E-state index is 0.149. The molecule has 3 rings (SSSR count).